The van der Waals surface area contributed by atoms with E-state index in [1.54, 1.807) is 0 Å². The largest absolute Gasteiger partial charge is 0.0838 e. The van der Waals surface area contributed by atoms with E-state index in [0.717, 1.165) is 0 Å². The molecule has 76 valence electrons. The monoisotopic (exact) mass is 318 g/mol. The summed E-state index contributed by atoms with van der Waals surface area (Å²) in [5, 5.41) is 0. The Kier molecular flexibility index (Phi) is 6.36. The summed E-state index contributed by atoms with van der Waals surface area (Å²) >= 11 is 4.25. The van der Waals surface area contributed by atoms with E-state index in [1.165, 1.54) is 27.1 Å². The maximum atomic E-state index is 2.41. The molecule has 2 heteroatoms. The van der Waals surface area contributed by atoms with Crippen LogP contribution in [-0.4, -0.2) is 0 Å². The lowest BCUT2D eigenvalue weighted by Gasteiger charge is -1.99. The fourth-order valence-corrected chi connectivity index (χ4v) is 2.86. The van der Waals surface area contributed by atoms with E-state index < -0.39 is 0 Å². The van der Waals surface area contributed by atoms with Gasteiger partial charge >= 0.3 is 0 Å². The minimum Gasteiger partial charge on any atom is -0.0838 e. The van der Waals surface area contributed by atoms with E-state index in [0.29, 0.717) is 0 Å². The zero-order valence-corrected chi connectivity index (χ0v) is 11.3. The zero-order chi connectivity index (χ0) is 10.2. The molecule has 0 aromatic heterocycles. The molecular formula is C12H15IS. The van der Waals surface area contributed by atoms with Crippen molar-refractivity contribution in [2.45, 2.75) is 31.1 Å². The lowest BCUT2D eigenvalue weighted by Crippen LogP contribution is -1.71. The maximum absolute atomic E-state index is 2.41. The van der Waals surface area contributed by atoms with Gasteiger partial charge in [-0.15, -0.1) is 0 Å². The van der Waals surface area contributed by atoms with Gasteiger partial charge in [0.1, 0.15) is 0 Å². The number of hydrogen-bond acceptors (Lipinski definition) is 1. The van der Waals surface area contributed by atoms with E-state index in [9.17, 15) is 0 Å². The van der Waals surface area contributed by atoms with Crippen molar-refractivity contribution in [2.75, 3.05) is 0 Å². The van der Waals surface area contributed by atoms with Crippen LogP contribution in [0.15, 0.2) is 44.2 Å². The summed E-state index contributed by atoms with van der Waals surface area (Å²) in [6.45, 7) is 2.23. The van der Waals surface area contributed by atoms with Crippen LogP contribution in [0.4, 0.5) is 0 Å². The topological polar surface area (TPSA) is 0 Å². The molecule has 0 unspecified atom stereocenters. The zero-order valence-electron chi connectivity index (χ0n) is 8.37. The van der Waals surface area contributed by atoms with Gasteiger partial charge in [0.2, 0.25) is 0 Å². The number of thioether (sulfide) groups is 1. The molecule has 0 N–H and O–H groups in total. The lowest BCUT2D eigenvalue weighted by atomic mass is 10.2. The van der Waals surface area contributed by atoms with Crippen molar-refractivity contribution in [1.82, 2.24) is 0 Å². The van der Waals surface area contributed by atoms with Crippen molar-refractivity contribution >= 4 is 34.4 Å². The number of halogens is 1. The molecule has 0 heterocycles. The lowest BCUT2D eigenvalue weighted by molar-refractivity contribution is 0.815. The highest BCUT2D eigenvalue weighted by Gasteiger charge is 1.94. The van der Waals surface area contributed by atoms with Crippen molar-refractivity contribution in [1.29, 1.82) is 0 Å². The van der Waals surface area contributed by atoms with Crippen molar-refractivity contribution in [3.63, 3.8) is 0 Å². The summed E-state index contributed by atoms with van der Waals surface area (Å²) in [6, 6.07) is 10.5. The average molecular weight is 318 g/mol. The van der Waals surface area contributed by atoms with Crippen molar-refractivity contribution in [3.8, 4) is 0 Å². The molecule has 0 radical (unpaired) electrons. The first kappa shape index (κ1) is 12.1. The third-order valence-corrected chi connectivity index (χ3v) is 3.79. The summed E-state index contributed by atoms with van der Waals surface area (Å²) in [5.74, 6) is 0. The first-order valence-corrected chi connectivity index (χ1v) is 6.81. The Morgan fingerprint density at radius 2 is 2.07 bits per heavy atom. The van der Waals surface area contributed by atoms with Crippen LogP contribution in [-0.2, 0) is 0 Å². The smallest absolute Gasteiger partial charge is 0.0466 e. The highest BCUT2D eigenvalue weighted by Crippen LogP contribution is 2.31. The highest BCUT2D eigenvalue weighted by molar-refractivity contribution is 14.1. The van der Waals surface area contributed by atoms with Gasteiger partial charge in [-0.2, -0.15) is 0 Å². The third-order valence-electron chi connectivity index (χ3n) is 1.82. The predicted molar refractivity (Wildman–Crippen MR) is 73.9 cm³/mol. The Morgan fingerprint density at radius 3 is 2.71 bits per heavy atom. The van der Waals surface area contributed by atoms with Gasteiger partial charge in [-0.05, 0) is 41.1 Å². The van der Waals surface area contributed by atoms with Crippen LogP contribution < -0.4 is 0 Å². The second kappa shape index (κ2) is 7.35. The van der Waals surface area contributed by atoms with E-state index in [-0.39, 0.29) is 0 Å². The average Bonchev–Trinajstić information content (AvgIpc) is 2.20. The maximum Gasteiger partial charge on any atom is 0.0466 e. The summed E-state index contributed by atoms with van der Waals surface area (Å²) < 4.78 is 1.38. The van der Waals surface area contributed by atoms with Gasteiger partial charge in [0, 0.05) is 7.81 Å². The molecule has 0 aliphatic rings. The molecule has 0 saturated carbocycles. The van der Waals surface area contributed by atoms with E-state index in [1.807, 2.05) is 11.8 Å². The van der Waals surface area contributed by atoms with Crippen molar-refractivity contribution in [2.24, 2.45) is 0 Å². The van der Waals surface area contributed by atoms with Gasteiger partial charge in [0.05, 0.1) is 0 Å². The highest BCUT2D eigenvalue weighted by atomic mass is 127. The van der Waals surface area contributed by atoms with Crippen LogP contribution in [0.2, 0.25) is 0 Å². The third kappa shape index (κ3) is 5.05. The number of hydrogen-bond donors (Lipinski definition) is 0. The molecule has 0 aliphatic carbocycles. The Labute approximate surface area is 104 Å². The van der Waals surface area contributed by atoms with Crippen molar-refractivity contribution in [3.05, 3.63) is 39.3 Å². The fraction of sp³-hybridized carbons (Fsp3) is 0.333. The van der Waals surface area contributed by atoms with Crippen molar-refractivity contribution < 1.29 is 0 Å². The Hall–Kier alpha value is 0.0400. The first-order chi connectivity index (χ1) is 6.83. The van der Waals surface area contributed by atoms with Gasteiger partial charge in [0.15, 0.2) is 0 Å². The second-order valence-electron chi connectivity index (χ2n) is 3.07. The fourth-order valence-electron chi connectivity index (χ4n) is 1.06. The number of rotatable bonds is 5. The van der Waals surface area contributed by atoms with Crippen LogP contribution in [0.5, 0.6) is 0 Å². The minimum absolute atomic E-state index is 1.20. The minimum atomic E-state index is 1.20. The number of benzene rings is 1. The molecule has 0 amide bonds. The summed E-state index contributed by atoms with van der Waals surface area (Å²) in [7, 11) is 0. The van der Waals surface area contributed by atoms with E-state index >= 15 is 0 Å². The molecule has 1 aromatic rings. The van der Waals surface area contributed by atoms with Crippen LogP contribution in [0.3, 0.4) is 0 Å². The summed E-state index contributed by atoms with van der Waals surface area (Å²) in [4.78, 5) is 1.32. The van der Waals surface area contributed by atoms with Crippen LogP contribution in [0, 0.1) is 0 Å². The molecule has 0 saturated heterocycles. The molecular weight excluding hydrogens is 303 g/mol. The molecule has 0 nitrogen and oxygen atoms in total. The molecule has 14 heavy (non-hydrogen) atoms. The SMILES string of the molecule is CCCC/C=C(\I)Sc1ccccc1. The molecule has 0 atom stereocenters. The van der Waals surface area contributed by atoms with Gasteiger partial charge in [0.25, 0.3) is 0 Å². The van der Waals surface area contributed by atoms with Crippen LogP contribution in [0.25, 0.3) is 0 Å². The number of allylic oxidation sites excluding steroid dienone is 1. The van der Waals surface area contributed by atoms with Gasteiger partial charge < -0.3 is 0 Å². The number of unbranched alkanes of at least 4 members (excludes halogenated alkanes) is 2. The van der Waals surface area contributed by atoms with Gasteiger partial charge in [-0.3, -0.25) is 0 Å². The Bertz CT molecular complexity index is 280. The molecule has 1 rings (SSSR count). The standard InChI is InChI=1S/C12H15IS/c1-2-3-5-10-12(13)14-11-8-6-4-7-9-11/h4,6-10H,2-3,5H2,1H3/b12-10+. The normalized spacial score (nSPS) is 11.7. The predicted octanol–water partition coefficient (Wildman–Crippen LogP) is 5.25. The molecule has 1 aromatic carbocycles. The van der Waals surface area contributed by atoms with Crippen LogP contribution in [0.1, 0.15) is 26.2 Å². The van der Waals surface area contributed by atoms with E-state index in [2.05, 4.69) is 65.9 Å². The van der Waals surface area contributed by atoms with Gasteiger partial charge in [-0.1, -0.05) is 55.8 Å². The quantitative estimate of drug-likeness (QED) is 0.406. The first-order valence-electron chi connectivity index (χ1n) is 4.91. The van der Waals surface area contributed by atoms with Crippen LogP contribution >= 0.6 is 34.4 Å². The Balaban J connectivity index is 2.40. The van der Waals surface area contributed by atoms with E-state index in [4.69, 9.17) is 0 Å². The molecule has 0 fully saturated rings. The molecule has 0 spiro atoms. The second-order valence-corrected chi connectivity index (χ2v) is 6.08. The summed E-state index contributed by atoms with van der Waals surface area (Å²) in [6.07, 6.45) is 6.09. The van der Waals surface area contributed by atoms with Gasteiger partial charge in [-0.25, -0.2) is 0 Å². The molecule has 0 bridgehead atoms. The summed E-state index contributed by atoms with van der Waals surface area (Å²) in [5.41, 5.74) is 0. The Morgan fingerprint density at radius 1 is 1.36 bits per heavy atom. The molecule has 0 aliphatic heterocycles.